The number of ether oxygens (including phenoxy) is 2. The number of carbonyl (C=O) groups is 3. The molecule has 3 aromatic rings. The Balaban J connectivity index is 1.79. The predicted octanol–water partition coefficient (Wildman–Crippen LogP) is 4.99. The van der Waals surface area contributed by atoms with Gasteiger partial charge in [0.15, 0.2) is 11.0 Å². The highest BCUT2D eigenvalue weighted by atomic mass is 32.2. The molecule has 0 aliphatic rings. The summed E-state index contributed by atoms with van der Waals surface area (Å²) in [7, 11) is 2.49. The van der Waals surface area contributed by atoms with Crippen molar-refractivity contribution in [3.8, 4) is 11.4 Å². The van der Waals surface area contributed by atoms with Gasteiger partial charge in [0.05, 0.1) is 25.5 Å². The summed E-state index contributed by atoms with van der Waals surface area (Å²) in [6, 6.07) is 2.10. The molecule has 0 radical (unpaired) electrons. The zero-order chi connectivity index (χ0) is 25.7. The lowest BCUT2D eigenvalue weighted by atomic mass is 10.1. The zero-order valence-electron chi connectivity index (χ0n) is 20.0. The second-order valence-corrected chi connectivity index (χ2v) is 10.6. The minimum absolute atomic E-state index is 0.0152. The summed E-state index contributed by atoms with van der Waals surface area (Å²) >= 11 is 3.86. The number of nitrogens with zero attached hydrogens (tertiary/aromatic N) is 3. The maximum Gasteiger partial charge on any atom is 0.348 e. The summed E-state index contributed by atoms with van der Waals surface area (Å²) in [6.07, 6.45) is 1.75. The Bertz CT molecular complexity index is 1260. The Labute approximate surface area is 215 Å². The number of amides is 1. The van der Waals surface area contributed by atoms with Crippen LogP contribution >= 0.6 is 34.4 Å². The first-order chi connectivity index (χ1) is 16.7. The number of carbonyl (C=O) groups excluding carboxylic acids is 3. The van der Waals surface area contributed by atoms with E-state index in [4.69, 9.17) is 9.47 Å². The molecule has 0 saturated heterocycles. The van der Waals surface area contributed by atoms with Gasteiger partial charge in [-0.05, 0) is 24.5 Å². The molecule has 0 atom stereocenters. The SMILES string of the molecule is C=CCn1c(SCC(=O)Nc2sc(C(=O)OC)c(C)c2C(=O)OC)nnc1-c1csc(C(C)C)c1. The van der Waals surface area contributed by atoms with E-state index in [0.717, 1.165) is 16.9 Å². The second kappa shape index (κ2) is 11.6. The van der Waals surface area contributed by atoms with Crippen LogP contribution in [0.1, 0.15) is 50.2 Å². The van der Waals surface area contributed by atoms with Crippen LogP contribution in [0.5, 0.6) is 0 Å². The minimum atomic E-state index is -0.649. The van der Waals surface area contributed by atoms with Crippen LogP contribution in [0.2, 0.25) is 0 Å². The number of hydrogen-bond donors (Lipinski definition) is 1. The van der Waals surface area contributed by atoms with Crippen molar-refractivity contribution >= 4 is 57.3 Å². The average Bonchev–Trinajstić information content (AvgIpc) is 3.54. The van der Waals surface area contributed by atoms with Gasteiger partial charge in [0, 0.05) is 22.4 Å². The van der Waals surface area contributed by atoms with Gasteiger partial charge in [0.1, 0.15) is 9.88 Å². The van der Waals surface area contributed by atoms with Crippen LogP contribution in [0, 0.1) is 6.92 Å². The zero-order valence-corrected chi connectivity index (χ0v) is 22.5. The van der Waals surface area contributed by atoms with Crippen molar-refractivity contribution < 1.29 is 23.9 Å². The number of thioether (sulfide) groups is 1. The number of esters is 2. The van der Waals surface area contributed by atoms with E-state index in [2.05, 4.69) is 42.0 Å². The van der Waals surface area contributed by atoms with E-state index in [0.29, 0.717) is 29.0 Å². The summed E-state index contributed by atoms with van der Waals surface area (Å²) in [5, 5.41) is 14.2. The fourth-order valence-electron chi connectivity index (χ4n) is 3.21. The number of hydrogen-bond acceptors (Lipinski definition) is 10. The van der Waals surface area contributed by atoms with Crippen LogP contribution in [0.15, 0.2) is 29.3 Å². The monoisotopic (exact) mass is 534 g/mol. The number of methoxy groups -OCH3 is 2. The molecule has 0 aliphatic heterocycles. The number of aromatic nitrogens is 3. The van der Waals surface area contributed by atoms with Gasteiger partial charge in [-0.1, -0.05) is 31.7 Å². The van der Waals surface area contributed by atoms with Crippen molar-refractivity contribution in [1.82, 2.24) is 14.8 Å². The summed E-state index contributed by atoms with van der Waals surface area (Å²) < 4.78 is 11.5. The third-order valence-electron chi connectivity index (χ3n) is 4.97. The molecule has 0 spiro atoms. The first-order valence-electron chi connectivity index (χ1n) is 10.6. The molecule has 3 rings (SSSR count). The van der Waals surface area contributed by atoms with Gasteiger partial charge in [0.25, 0.3) is 0 Å². The Hall–Kier alpha value is -2.96. The number of thiophene rings is 2. The van der Waals surface area contributed by atoms with Gasteiger partial charge in [-0.15, -0.1) is 39.4 Å². The maximum absolute atomic E-state index is 12.8. The van der Waals surface area contributed by atoms with Crippen LogP contribution in [0.3, 0.4) is 0 Å². The molecule has 0 aliphatic carbocycles. The van der Waals surface area contributed by atoms with Gasteiger partial charge in [-0.2, -0.15) is 0 Å². The first kappa shape index (κ1) is 26.6. The summed E-state index contributed by atoms with van der Waals surface area (Å²) in [5.74, 6) is -0.472. The quantitative estimate of drug-likeness (QED) is 0.220. The molecule has 1 N–H and O–H groups in total. The van der Waals surface area contributed by atoms with E-state index in [1.165, 1.54) is 30.9 Å². The molecule has 3 heterocycles. The molecule has 1 amide bonds. The number of rotatable bonds is 10. The molecule has 3 aromatic heterocycles. The van der Waals surface area contributed by atoms with Crippen molar-refractivity contribution in [2.45, 2.75) is 38.4 Å². The lowest BCUT2D eigenvalue weighted by Crippen LogP contribution is -2.16. The second-order valence-electron chi connectivity index (χ2n) is 7.68. The van der Waals surface area contributed by atoms with Crippen LogP contribution in [-0.2, 0) is 20.8 Å². The van der Waals surface area contributed by atoms with Crippen molar-refractivity contribution in [2.24, 2.45) is 0 Å². The van der Waals surface area contributed by atoms with Gasteiger partial charge in [-0.3, -0.25) is 9.36 Å². The first-order valence-corrected chi connectivity index (χ1v) is 13.2. The van der Waals surface area contributed by atoms with E-state index in [1.54, 1.807) is 24.3 Å². The number of nitrogens with one attached hydrogen (secondary N) is 1. The Morgan fingerprint density at radius 2 is 1.94 bits per heavy atom. The van der Waals surface area contributed by atoms with E-state index in [9.17, 15) is 14.4 Å². The van der Waals surface area contributed by atoms with Crippen LogP contribution < -0.4 is 5.32 Å². The van der Waals surface area contributed by atoms with E-state index < -0.39 is 11.9 Å². The minimum Gasteiger partial charge on any atom is -0.465 e. The van der Waals surface area contributed by atoms with Crippen molar-refractivity contribution in [3.05, 3.63) is 45.0 Å². The van der Waals surface area contributed by atoms with Crippen LogP contribution in [0.4, 0.5) is 5.00 Å². The maximum atomic E-state index is 12.8. The molecule has 0 bridgehead atoms. The summed E-state index contributed by atoms with van der Waals surface area (Å²) in [4.78, 5) is 38.6. The largest absolute Gasteiger partial charge is 0.465 e. The Morgan fingerprint density at radius 3 is 2.54 bits per heavy atom. The molecular formula is C23H26N4O5S3. The molecule has 0 saturated carbocycles. The highest BCUT2D eigenvalue weighted by molar-refractivity contribution is 7.99. The van der Waals surface area contributed by atoms with E-state index in [1.807, 2.05) is 9.95 Å². The summed E-state index contributed by atoms with van der Waals surface area (Å²) in [6.45, 7) is 10.2. The van der Waals surface area contributed by atoms with Crippen LogP contribution in [0.25, 0.3) is 11.4 Å². The highest BCUT2D eigenvalue weighted by Gasteiger charge is 2.27. The van der Waals surface area contributed by atoms with Gasteiger partial charge in [0.2, 0.25) is 5.91 Å². The third-order valence-corrected chi connectivity index (χ3v) is 8.36. The van der Waals surface area contributed by atoms with Gasteiger partial charge < -0.3 is 14.8 Å². The van der Waals surface area contributed by atoms with E-state index >= 15 is 0 Å². The molecule has 0 fully saturated rings. The number of anilines is 1. The van der Waals surface area contributed by atoms with Gasteiger partial charge in [-0.25, -0.2) is 9.59 Å². The lowest BCUT2D eigenvalue weighted by Gasteiger charge is -2.08. The number of allylic oxidation sites excluding steroid dienone is 1. The summed E-state index contributed by atoms with van der Waals surface area (Å²) in [5.41, 5.74) is 1.49. The lowest BCUT2D eigenvalue weighted by molar-refractivity contribution is -0.113. The standard InChI is InChI=1S/C23H26N4O5S3/c1-7-8-27-19(14-9-15(12(2)3)33-10-14)25-26-23(27)34-11-16(28)24-20-17(21(29)31-5)13(4)18(35-20)22(30)32-6/h7,9-10,12H,1,8,11H2,2-6H3,(H,24,28). The molecule has 0 aromatic carbocycles. The molecule has 186 valence electrons. The fraction of sp³-hybridized carbons (Fsp3) is 0.348. The smallest absolute Gasteiger partial charge is 0.348 e. The van der Waals surface area contributed by atoms with Crippen molar-refractivity contribution in [3.63, 3.8) is 0 Å². The molecule has 12 heteroatoms. The molecule has 9 nitrogen and oxygen atoms in total. The molecule has 0 unspecified atom stereocenters. The highest BCUT2D eigenvalue weighted by Crippen LogP contribution is 2.35. The van der Waals surface area contributed by atoms with Crippen LogP contribution in [-0.4, -0.2) is 52.6 Å². The molecule has 35 heavy (non-hydrogen) atoms. The topological polar surface area (TPSA) is 112 Å². The molecular weight excluding hydrogens is 508 g/mol. The Morgan fingerprint density at radius 1 is 1.23 bits per heavy atom. The fourth-order valence-corrected chi connectivity index (χ4v) is 5.99. The van der Waals surface area contributed by atoms with Crippen molar-refractivity contribution in [1.29, 1.82) is 0 Å². The van der Waals surface area contributed by atoms with E-state index in [-0.39, 0.29) is 27.1 Å². The predicted molar refractivity (Wildman–Crippen MR) is 139 cm³/mol. The Kier molecular flexibility index (Phi) is 8.87. The third kappa shape index (κ3) is 5.82. The normalized spacial score (nSPS) is 10.9. The average molecular weight is 535 g/mol. The van der Waals surface area contributed by atoms with Crippen molar-refractivity contribution in [2.75, 3.05) is 25.3 Å². The van der Waals surface area contributed by atoms with Gasteiger partial charge >= 0.3 is 11.9 Å².